The van der Waals surface area contributed by atoms with Gasteiger partial charge in [0.2, 0.25) is 0 Å². The van der Waals surface area contributed by atoms with Gasteiger partial charge in [-0.05, 0) is 63.6 Å². The van der Waals surface area contributed by atoms with Gasteiger partial charge in [-0.2, -0.15) is 0 Å². The molecule has 0 amide bonds. The van der Waals surface area contributed by atoms with Crippen molar-refractivity contribution in [3.63, 3.8) is 0 Å². The van der Waals surface area contributed by atoms with Crippen LogP contribution in [0.25, 0.3) is 0 Å². The van der Waals surface area contributed by atoms with Gasteiger partial charge in [0, 0.05) is 11.6 Å². The Morgan fingerprint density at radius 1 is 1.15 bits per heavy atom. The van der Waals surface area contributed by atoms with Gasteiger partial charge in [-0.1, -0.05) is 21.6 Å². The van der Waals surface area contributed by atoms with Gasteiger partial charge in [0.25, 0.3) is 5.69 Å². The Morgan fingerprint density at radius 2 is 1.85 bits per heavy atom. The topological polar surface area (TPSA) is 106 Å². The zero-order valence-electron chi connectivity index (χ0n) is 19.5. The third-order valence-electron chi connectivity index (χ3n) is 4.69. The van der Waals surface area contributed by atoms with E-state index in [9.17, 15) is 13.2 Å². The Morgan fingerprint density at radius 3 is 2.32 bits per heavy atom. The largest absolute Gasteiger partial charge is 0.496 e. The maximum atomic E-state index is 11.7. The number of hydrogen-bond donors (Lipinski definition) is 1. The molecule has 1 N–H and O–H groups in total. The molecule has 1 aromatic heterocycles. The highest BCUT2D eigenvalue weighted by Crippen LogP contribution is 2.35. The first-order chi connectivity index (χ1) is 16.0. The number of methoxy groups -OCH3 is 1. The first kappa shape index (κ1) is 26.9. The molecular weight excluding hydrogens is 482 g/mol. The molecule has 3 aromatic rings. The van der Waals surface area contributed by atoms with Crippen LogP contribution in [0.5, 0.6) is 11.5 Å². The summed E-state index contributed by atoms with van der Waals surface area (Å²) < 4.78 is 40.6. The van der Waals surface area contributed by atoms with Crippen molar-refractivity contribution in [3.8, 4) is 11.5 Å². The number of ether oxygens (including phenoxy) is 2. The van der Waals surface area contributed by atoms with Gasteiger partial charge < -0.3 is 19.0 Å². The molecule has 2 aromatic carbocycles. The van der Waals surface area contributed by atoms with Crippen molar-refractivity contribution >= 4 is 33.8 Å². The summed E-state index contributed by atoms with van der Waals surface area (Å²) in [7, 11) is -1.08. The van der Waals surface area contributed by atoms with Crippen LogP contribution in [-0.2, 0) is 17.1 Å². The fourth-order valence-electron chi connectivity index (χ4n) is 2.98. The Balaban J connectivity index is 0.000000589. The SMILES string of the molecule is COc1cc(C(=O)O)ccc1COc1cc(C)c(Cl)cc1[N+](C(C)C)=S(=O)=O.Cc1ccco1. The van der Waals surface area contributed by atoms with E-state index in [2.05, 4.69) is 0 Å². The van der Waals surface area contributed by atoms with Gasteiger partial charge in [0.05, 0.1) is 24.0 Å². The lowest BCUT2D eigenvalue weighted by Gasteiger charge is -2.13. The standard InChI is InChI=1S/C19H20ClNO6S.C5H6O/c1-11(2)21(28(24)25)16-9-15(20)12(3)7-18(16)27-10-14-6-5-13(19(22)23)8-17(14)26-4;1-5-3-2-4-6-5/h5-9,11H,10H2,1-4H3;2-4H,1H3/p+1. The van der Waals surface area contributed by atoms with Crippen LogP contribution in [0.3, 0.4) is 0 Å². The summed E-state index contributed by atoms with van der Waals surface area (Å²) in [4.78, 5) is 11.1. The monoisotopic (exact) mass is 508 g/mol. The van der Waals surface area contributed by atoms with Crippen molar-refractivity contribution in [1.29, 1.82) is 0 Å². The van der Waals surface area contributed by atoms with Crippen LogP contribution in [0.1, 0.15) is 41.1 Å². The second-order valence-corrected chi connectivity index (χ2v) is 8.78. The minimum atomic E-state index is -2.52. The summed E-state index contributed by atoms with van der Waals surface area (Å²) in [6, 6.07) is 11.1. The summed E-state index contributed by atoms with van der Waals surface area (Å²) >= 11 is 6.19. The van der Waals surface area contributed by atoms with Crippen LogP contribution in [0.2, 0.25) is 5.02 Å². The molecule has 0 unspecified atom stereocenters. The van der Waals surface area contributed by atoms with Gasteiger partial charge in [0.15, 0.2) is 11.8 Å². The number of halogens is 1. The molecule has 0 atom stereocenters. The molecule has 3 rings (SSSR count). The number of benzene rings is 2. The van der Waals surface area contributed by atoms with E-state index in [4.69, 9.17) is 30.6 Å². The fourth-order valence-corrected chi connectivity index (χ4v) is 3.78. The van der Waals surface area contributed by atoms with E-state index in [1.165, 1.54) is 23.2 Å². The third-order valence-corrected chi connectivity index (χ3v) is 6.03. The number of aromatic carboxylic acids is 1. The molecule has 0 aliphatic rings. The molecule has 1 heterocycles. The maximum absolute atomic E-state index is 11.7. The number of carboxylic acid groups (broad SMARTS) is 1. The quantitative estimate of drug-likeness (QED) is 0.412. The number of furan rings is 1. The Hall–Kier alpha value is -3.30. The second-order valence-electron chi connectivity index (χ2n) is 7.55. The normalized spacial score (nSPS) is 10.3. The molecule has 8 nitrogen and oxygen atoms in total. The Kier molecular flexibility index (Phi) is 9.70. The number of nitrogens with zero attached hydrogens (tertiary/aromatic N) is 1. The molecular formula is C24H27ClNO7S+. The third kappa shape index (κ3) is 7.10. The average Bonchev–Trinajstić information content (AvgIpc) is 3.25. The zero-order chi connectivity index (χ0) is 25.4. The molecule has 0 saturated carbocycles. The highest BCUT2D eigenvalue weighted by Gasteiger charge is 2.25. The second kappa shape index (κ2) is 12.2. The van der Waals surface area contributed by atoms with Crippen molar-refractivity contribution in [3.05, 3.63) is 76.2 Å². The van der Waals surface area contributed by atoms with Crippen molar-refractivity contribution in [1.82, 2.24) is 0 Å². The molecule has 0 spiro atoms. The van der Waals surface area contributed by atoms with Crippen LogP contribution in [0.4, 0.5) is 5.69 Å². The van der Waals surface area contributed by atoms with Crippen LogP contribution >= 0.6 is 11.6 Å². The molecule has 0 aliphatic carbocycles. The van der Waals surface area contributed by atoms with Gasteiger partial charge >= 0.3 is 16.5 Å². The molecule has 34 heavy (non-hydrogen) atoms. The predicted molar refractivity (Wildman–Crippen MR) is 128 cm³/mol. The fraction of sp³-hybridized carbons (Fsp3) is 0.292. The van der Waals surface area contributed by atoms with E-state index >= 15 is 0 Å². The van der Waals surface area contributed by atoms with Crippen molar-refractivity contribution in [2.45, 2.75) is 40.3 Å². The Bertz CT molecular complexity index is 1270. The first-order valence-corrected chi connectivity index (χ1v) is 11.7. The minimum absolute atomic E-state index is 0.0502. The van der Waals surface area contributed by atoms with E-state index in [1.807, 2.05) is 19.1 Å². The molecule has 0 bridgehead atoms. The first-order valence-electron chi connectivity index (χ1n) is 10.3. The van der Waals surface area contributed by atoms with Gasteiger partial charge in [-0.15, -0.1) is 8.42 Å². The summed E-state index contributed by atoms with van der Waals surface area (Å²) in [5, 5.41) is 9.52. The summed E-state index contributed by atoms with van der Waals surface area (Å²) in [6.45, 7) is 7.23. The lowest BCUT2D eigenvalue weighted by Crippen LogP contribution is -2.15. The maximum Gasteiger partial charge on any atom is 0.465 e. The molecule has 0 aliphatic heterocycles. The zero-order valence-corrected chi connectivity index (χ0v) is 21.1. The minimum Gasteiger partial charge on any atom is -0.496 e. The number of carbonyl (C=O) groups is 1. The average molecular weight is 509 g/mol. The van der Waals surface area contributed by atoms with E-state index in [0.717, 1.165) is 11.3 Å². The lowest BCUT2D eigenvalue weighted by molar-refractivity contribution is -0.451. The van der Waals surface area contributed by atoms with Crippen LogP contribution < -0.4 is 9.47 Å². The van der Waals surface area contributed by atoms with Crippen LogP contribution in [0, 0.1) is 13.8 Å². The van der Waals surface area contributed by atoms with Gasteiger partial charge in [-0.25, -0.2) is 4.79 Å². The highest BCUT2D eigenvalue weighted by atomic mass is 35.5. The Labute approximate surface area is 205 Å². The predicted octanol–water partition coefficient (Wildman–Crippen LogP) is 5.64. The smallest absolute Gasteiger partial charge is 0.465 e. The van der Waals surface area contributed by atoms with Gasteiger partial charge in [-0.3, -0.25) is 0 Å². The van der Waals surface area contributed by atoms with E-state index in [1.54, 1.807) is 45.2 Å². The molecule has 10 heteroatoms. The molecule has 0 radical (unpaired) electrons. The van der Waals surface area contributed by atoms with E-state index in [-0.39, 0.29) is 18.2 Å². The van der Waals surface area contributed by atoms with Crippen LogP contribution in [0.15, 0.2) is 53.1 Å². The number of aryl methyl sites for hydroxylation is 2. The molecule has 182 valence electrons. The van der Waals surface area contributed by atoms with Crippen molar-refractivity contribution in [2.24, 2.45) is 0 Å². The summed E-state index contributed by atoms with van der Waals surface area (Å²) in [6.07, 6.45) is 1.66. The van der Waals surface area contributed by atoms with E-state index in [0.29, 0.717) is 27.8 Å². The van der Waals surface area contributed by atoms with Crippen molar-refractivity contribution < 1.29 is 36.2 Å². The number of rotatable bonds is 7. The number of hydrogen-bond acceptors (Lipinski definition) is 6. The van der Waals surface area contributed by atoms with Gasteiger partial charge in [0.1, 0.15) is 18.1 Å². The van der Waals surface area contributed by atoms with Crippen LogP contribution in [-0.4, -0.2) is 36.6 Å². The molecule has 0 fully saturated rings. The molecule has 0 saturated heterocycles. The highest BCUT2D eigenvalue weighted by molar-refractivity contribution is 7.59. The van der Waals surface area contributed by atoms with Crippen molar-refractivity contribution in [2.75, 3.05) is 7.11 Å². The summed E-state index contributed by atoms with van der Waals surface area (Å²) in [5.74, 6) is 0.603. The van der Waals surface area contributed by atoms with E-state index < -0.39 is 16.5 Å². The summed E-state index contributed by atoms with van der Waals surface area (Å²) in [5.41, 5.74) is 1.76. The lowest BCUT2D eigenvalue weighted by atomic mass is 10.1. The number of carboxylic acids is 1.